The summed E-state index contributed by atoms with van der Waals surface area (Å²) in [5, 5.41) is 6.82. The van der Waals surface area contributed by atoms with E-state index in [1.807, 2.05) is 0 Å². The molecule has 0 spiro atoms. The van der Waals surface area contributed by atoms with E-state index in [-0.39, 0.29) is 12.5 Å². The van der Waals surface area contributed by atoms with Crippen LogP contribution in [-0.2, 0) is 4.79 Å². The second-order valence-corrected chi connectivity index (χ2v) is 6.75. The number of rotatable bonds is 10. The second kappa shape index (κ2) is 12.1. The molecule has 1 aliphatic heterocycles. The van der Waals surface area contributed by atoms with Crippen molar-refractivity contribution in [3.05, 3.63) is 0 Å². The van der Waals surface area contributed by atoms with Crippen LogP contribution in [0.4, 0.5) is 0 Å². The van der Waals surface area contributed by atoms with Gasteiger partial charge in [-0.2, -0.15) is 0 Å². The molecule has 24 heavy (non-hydrogen) atoms. The molecular formula is C18H37N5O. The van der Waals surface area contributed by atoms with Gasteiger partial charge in [-0.05, 0) is 32.4 Å². The Balaban J connectivity index is 2.46. The van der Waals surface area contributed by atoms with Gasteiger partial charge in [-0.3, -0.25) is 9.69 Å². The molecule has 6 heteroatoms. The monoisotopic (exact) mass is 339 g/mol. The average Bonchev–Trinajstić information content (AvgIpc) is 3.03. The third-order valence-electron chi connectivity index (χ3n) is 4.60. The summed E-state index contributed by atoms with van der Waals surface area (Å²) in [7, 11) is 3.53. The first-order valence-electron chi connectivity index (χ1n) is 9.54. The standard InChI is InChI=1S/C18H37N5O/c1-5-7-8-9-12-19-18(21-15-17(24)22(3)4)20-14-16-11-10-13-23(16)6-2/h16H,5-15H2,1-4H3,(H2,19,20,21). The molecule has 0 aliphatic carbocycles. The Labute approximate surface area is 148 Å². The number of hydrogen-bond donors (Lipinski definition) is 2. The number of hydrogen-bond acceptors (Lipinski definition) is 3. The maximum absolute atomic E-state index is 11.8. The minimum atomic E-state index is 0.0261. The Morgan fingerprint density at radius 2 is 2.00 bits per heavy atom. The van der Waals surface area contributed by atoms with E-state index in [2.05, 4.69) is 34.4 Å². The summed E-state index contributed by atoms with van der Waals surface area (Å²) in [6.07, 6.45) is 7.40. The number of carbonyl (C=O) groups is 1. The van der Waals surface area contributed by atoms with Crippen LogP contribution >= 0.6 is 0 Å². The fourth-order valence-corrected chi connectivity index (χ4v) is 2.98. The lowest BCUT2D eigenvalue weighted by Crippen LogP contribution is -2.45. The molecule has 1 heterocycles. The lowest BCUT2D eigenvalue weighted by Gasteiger charge is -2.24. The quantitative estimate of drug-likeness (QED) is 0.361. The highest BCUT2D eigenvalue weighted by Crippen LogP contribution is 2.15. The first-order chi connectivity index (χ1) is 11.6. The Kier molecular flexibility index (Phi) is 10.5. The number of carbonyl (C=O) groups excluding carboxylic acids is 1. The molecule has 1 aliphatic rings. The van der Waals surface area contributed by atoms with Crippen LogP contribution in [0.2, 0.25) is 0 Å². The van der Waals surface area contributed by atoms with Gasteiger partial charge in [-0.15, -0.1) is 0 Å². The van der Waals surface area contributed by atoms with Crippen molar-refractivity contribution in [1.82, 2.24) is 20.4 Å². The maximum atomic E-state index is 11.8. The number of likely N-dealkylation sites (tertiary alicyclic amines) is 1. The maximum Gasteiger partial charge on any atom is 0.243 e. The first kappa shape index (κ1) is 20.7. The fourth-order valence-electron chi connectivity index (χ4n) is 2.98. The van der Waals surface area contributed by atoms with E-state index in [9.17, 15) is 4.79 Å². The van der Waals surface area contributed by atoms with E-state index in [0.29, 0.717) is 6.04 Å². The van der Waals surface area contributed by atoms with Gasteiger partial charge in [0.05, 0.1) is 0 Å². The molecule has 1 rings (SSSR count). The molecular weight excluding hydrogens is 302 g/mol. The predicted octanol–water partition coefficient (Wildman–Crippen LogP) is 1.67. The molecule has 140 valence electrons. The van der Waals surface area contributed by atoms with Crippen LogP contribution in [0.1, 0.15) is 52.4 Å². The number of aliphatic imine (C=N–C) groups is 1. The molecule has 1 atom stereocenters. The molecule has 0 aromatic carbocycles. The van der Waals surface area contributed by atoms with Gasteiger partial charge in [0.15, 0.2) is 5.96 Å². The minimum absolute atomic E-state index is 0.0261. The van der Waals surface area contributed by atoms with E-state index in [0.717, 1.165) is 32.0 Å². The highest BCUT2D eigenvalue weighted by Gasteiger charge is 2.22. The number of guanidine groups is 1. The van der Waals surface area contributed by atoms with Gasteiger partial charge in [0, 0.05) is 33.2 Å². The van der Waals surface area contributed by atoms with Crippen LogP contribution in [0, 0.1) is 0 Å². The molecule has 6 nitrogen and oxygen atoms in total. The van der Waals surface area contributed by atoms with Crippen molar-refractivity contribution in [1.29, 1.82) is 0 Å². The van der Waals surface area contributed by atoms with Crippen molar-refractivity contribution in [3.8, 4) is 0 Å². The second-order valence-electron chi connectivity index (χ2n) is 6.75. The van der Waals surface area contributed by atoms with Gasteiger partial charge < -0.3 is 15.5 Å². The highest BCUT2D eigenvalue weighted by atomic mass is 16.2. The van der Waals surface area contributed by atoms with Gasteiger partial charge in [0.1, 0.15) is 6.54 Å². The third kappa shape index (κ3) is 7.99. The van der Waals surface area contributed by atoms with Crippen LogP contribution in [0.3, 0.4) is 0 Å². The summed E-state index contributed by atoms with van der Waals surface area (Å²) in [5.41, 5.74) is 0. The van der Waals surface area contributed by atoms with Crippen molar-refractivity contribution in [2.24, 2.45) is 4.99 Å². The third-order valence-corrected chi connectivity index (χ3v) is 4.60. The zero-order valence-corrected chi connectivity index (χ0v) is 16.1. The SMILES string of the molecule is CCCCCCNC(=NCC(=O)N(C)C)NCC1CCCN1CC. The normalized spacial score (nSPS) is 18.7. The smallest absolute Gasteiger partial charge is 0.243 e. The number of amides is 1. The van der Waals surface area contributed by atoms with Crippen LogP contribution in [0.15, 0.2) is 4.99 Å². The van der Waals surface area contributed by atoms with Gasteiger partial charge >= 0.3 is 0 Å². The Morgan fingerprint density at radius 1 is 1.21 bits per heavy atom. The number of nitrogens with zero attached hydrogens (tertiary/aromatic N) is 3. The van der Waals surface area contributed by atoms with Crippen LogP contribution in [0.5, 0.6) is 0 Å². The zero-order chi connectivity index (χ0) is 17.8. The summed E-state index contributed by atoms with van der Waals surface area (Å²) in [6.45, 7) is 8.72. The zero-order valence-electron chi connectivity index (χ0n) is 16.1. The molecule has 1 unspecified atom stereocenters. The Morgan fingerprint density at radius 3 is 2.67 bits per heavy atom. The van der Waals surface area contributed by atoms with Gasteiger partial charge in [-0.1, -0.05) is 33.1 Å². The van der Waals surface area contributed by atoms with Crippen LogP contribution in [-0.4, -0.2) is 74.5 Å². The summed E-state index contributed by atoms with van der Waals surface area (Å²) < 4.78 is 0. The van der Waals surface area contributed by atoms with Gasteiger partial charge in [0.25, 0.3) is 0 Å². The van der Waals surface area contributed by atoms with E-state index < -0.39 is 0 Å². The molecule has 0 aromatic heterocycles. The van der Waals surface area contributed by atoms with Gasteiger partial charge in [-0.25, -0.2) is 4.99 Å². The van der Waals surface area contributed by atoms with E-state index >= 15 is 0 Å². The number of likely N-dealkylation sites (N-methyl/N-ethyl adjacent to an activating group) is 2. The number of nitrogens with one attached hydrogen (secondary N) is 2. The van der Waals surface area contributed by atoms with Crippen LogP contribution < -0.4 is 10.6 Å². The Bertz CT molecular complexity index is 384. The van der Waals surface area contributed by atoms with E-state index in [1.54, 1.807) is 19.0 Å². The topological polar surface area (TPSA) is 60.0 Å². The lowest BCUT2D eigenvalue weighted by molar-refractivity contribution is -0.127. The van der Waals surface area contributed by atoms with Crippen molar-refractivity contribution < 1.29 is 4.79 Å². The molecule has 0 bridgehead atoms. The minimum Gasteiger partial charge on any atom is -0.356 e. The summed E-state index contributed by atoms with van der Waals surface area (Å²) in [4.78, 5) is 20.3. The summed E-state index contributed by atoms with van der Waals surface area (Å²) in [5.74, 6) is 0.794. The molecule has 1 saturated heterocycles. The molecule has 0 aromatic rings. The summed E-state index contributed by atoms with van der Waals surface area (Å²) in [6, 6.07) is 0.576. The van der Waals surface area contributed by atoms with E-state index in [4.69, 9.17) is 0 Å². The largest absolute Gasteiger partial charge is 0.356 e. The van der Waals surface area contributed by atoms with Crippen molar-refractivity contribution in [2.45, 2.75) is 58.4 Å². The van der Waals surface area contributed by atoms with Crippen molar-refractivity contribution in [3.63, 3.8) is 0 Å². The lowest BCUT2D eigenvalue weighted by atomic mass is 10.2. The predicted molar refractivity (Wildman–Crippen MR) is 101 cm³/mol. The average molecular weight is 340 g/mol. The van der Waals surface area contributed by atoms with Crippen LogP contribution in [0.25, 0.3) is 0 Å². The first-order valence-corrected chi connectivity index (χ1v) is 9.54. The molecule has 1 fully saturated rings. The molecule has 0 saturated carbocycles. The number of unbranched alkanes of at least 4 members (excludes halogenated alkanes) is 3. The fraction of sp³-hybridized carbons (Fsp3) is 0.889. The summed E-state index contributed by atoms with van der Waals surface area (Å²) >= 11 is 0. The molecule has 2 N–H and O–H groups in total. The molecule has 0 radical (unpaired) electrons. The molecule has 1 amide bonds. The van der Waals surface area contributed by atoms with Crippen molar-refractivity contribution >= 4 is 11.9 Å². The van der Waals surface area contributed by atoms with E-state index in [1.165, 1.54) is 38.6 Å². The Hall–Kier alpha value is -1.30. The van der Waals surface area contributed by atoms with Crippen molar-refractivity contribution in [2.75, 3.05) is 46.8 Å². The van der Waals surface area contributed by atoms with Gasteiger partial charge in [0.2, 0.25) is 5.91 Å². The highest BCUT2D eigenvalue weighted by molar-refractivity contribution is 5.84.